The molecule has 0 saturated heterocycles. The van der Waals surface area contributed by atoms with Crippen molar-refractivity contribution in [3.05, 3.63) is 28.3 Å². The Bertz CT molecular complexity index is 403. The number of anilines is 1. The second-order valence-electron chi connectivity index (χ2n) is 4.63. The number of hydrogen-bond acceptors (Lipinski definition) is 2. The van der Waals surface area contributed by atoms with E-state index in [2.05, 4.69) is 37.1 Å². The fourth-order valence-corrected chi connectivity index (χ4v) is 2.90. The quantitative estimate of drug-likeness (QED) is 0.886. The molecule has 17 heavy (non-hydrogen) atoms. The zero-order chi connectivity index (χ0) is 12.4. The average Bonchev–Trinajstić information content (AvgIpc) is 2.69. The standard InChI is InChI=1S/C14H21ClN2/c1-4-16-9-12-8-11-6-7-13(15)10(3)14(11)17(12)5-2/h6-7,12,16H,4-5,8-9H2,1-3H3/t12-/m0/s1. The van der Waals surface area contributed by atoms with Gasteiger partial charge in [0.25, 0.3) is 0 Å². The first-order valence-corrected chi connectivity index (χ1v) is 6.82. The molecular formula is C14H21ClN2. The molecule has 0 bridgehead atoms. The van der Waals surface area contributed by atoms with Crippen LogP contribution in [0.4, 0.5) is 5.69 Å². The topological polar surface area (TPSA) is 15.3 Å². The summed E-state index contributed by atoms with van der Waals surface area (Å²) in [6.07, 6.45) is 1.13. The molecule has 0 unspecified atom stereocenters. The number of fused-ring (bicyclic) bond motifs is 1. The lowest BCUT2D eigenvalue weighted by atomic mass is 10.1. The summed E-state index contributed by atoms with van der Waals surface area (Å²) in [5, 5.41) is 4.33. The Kier molecular flexibility index (Phi) is 3.95. The third-order valence-corrected chi connectivity index (χ3v) is 4.01. The molecule has 0 radical (unpaired) electrons. The summed E-state index contributed by atoms with van der Waals surface area (Å²) >= 11 is 6.22. The second kappa shape index (κ2) is 5.28. The molecule has 1 aromatic carbocycles. The summed E-state index contributed by atoms with van der Waals surface area (Å²) in [6.45, 7) is 9.62. The molecule has 1 heterocycles. The van der Waals surface area contributed by atoms with Gasteiger partial charge in [-0.15, -0.1) is 0 Å². The van der Waals surface area contributed by atoms with E-state index in [1.54, 1.807) is 0 Å². The number of halogens is 1. The number of likely N-dealkylation sites (N-methyl/N-ethyl adjacent to an activating group) is 2. The van der Waals surface area contributed by atoms with Gasteiger partial charge in [0, 0.05) is 29.8 Å². The Hall–Kier alpha value is -0.730. The largest absolute Gasteiger partial charge is 0.367 e. The highest BCUT2D eigenvalue weighted by molar-refractivity contribution is 6.31. The molecule has 1 aliphatic rings. The lowest BCUT2D eigenvalue weighted by Gasteiger charge is -2.27. The number of rotatable bonds is 4. The van der Waals surface area contributed by atoms with Gasteiger partial charge in [0.1, 0.15) is 0 Å². The highest BCUT2D eigenvalue weighted by atomic mass is 35.5. The molecule has 0 aliphatic carbocycles. The summed E-state index contributed by atoms with van der Waals surface area (Å²) in [5.41, 5.74) is 4.03. The molecule has 1 aliphatic heterocycles. The van der Waals surface area contributed by atoms with E-state index in [0.717, 1.165) is 31.1 Å². The third-order valence-electron chi connectivity index (χ3n) is 3.60. The van der Waals surface area contributed by atoms with E-state index < -0.39 is 0 Å². The summed E-state index contributed by atoms with van der Waals surface area (Å²) < 4.78 is 0. The van der Waals surface area contributed by atoms with Crippen LogP contribution in [0.25, 0.3) is 0 Å². The van der Waals surface area contributed by atoms with E-state index >= 15 is 0 Å². The van der Waals surface area contributed by atoms with E-state index in [-0.39, 0.29) is 0 Å². The van der Waals surface area contributed by atoms with Crippen molar-refractivity contribution < 1.29 is 0 Å². The number of nitrogens with one attached hydrogen (secondary N) is 1. The number of hydrogen-bond donors (Lipinski definition) is 1. The molecule has 0 fully saturated rings. The van der Waals surface area contributed by atoms with Crippen LogP contribution in [0, 0.1) is 6.92 Å². The molecule has 1 atom stereocenters. The van der Waals surface area contributed by atoms with E-state index in [9.17, 15) is 0 Å². The lowest BCUT2D eigenvalue weighted by Crippen LogP contribution is -2.40. The summed E-state index contributed by atoms with van der Waals surface area (Å²) in [7, 11) is 0. The highest BCUT2D eigenvalue weighted by Gasteiger charge is 2.29. The monoisotopic (exact) mass is 252 g/mol. The van der Waals surface area contributed by atoms with Gasteiger partial charge >= 0.3 is 0 Å². The zero-order valence-electron chi connectivity index (χ0n) is 10.9. The molecule has 3 heteroatoms. The minimum absolute atomic E-state index is 0.576. The van der Waals surface area contributed by atoms with E-state index in [1.807, 2.05) is 6.07 Å². The maximum atomic E-state index is 6.22. The van der Waals surface area contributed by atoms with Crippen molar-refractivity contribution in [2.75, 3.05) is 24.5 Å². The summed E-state index contributed by atoms with van der Waals surface area (Å²) in [6, 6.07) is 4.78. The SMILES string of the molecule is CCNC[C@@H]1Cc2ccc(Cl)c(C)c2N1CC. The van der Waals surface area contributed by atoms with Crippen LogP contribution in [0.5, 0.6) is 0 Å². The first-order chi connectivity index (χ1) is 8.19. The van der Waals surface area contributed by atoms with Gasteiger partial charge in [-0.25, -0.2) is 0 Å². The summed E-state index contributed by atoms with van der Waals surface area (Å²) in [4.78, 5) is 2.49. The Labute approximate surface area is 109 Å². The van der Waals surface area contributed by atoms with Crippen molar-refractivity contribution in [3.63, 3.8) is 0 Å². The fourth-order valence-electron chi connectivity index (χ4n) is 2.75. The van der Waals surface area contributed by atoms with Crippen molar-refractivity contribution >= 4 is 17.3 Å². The highest BCUT2D eigenvalue weighted by Crippen LogP contribution is 2.37. The minimum Gasteiger partial charge on any atom is -0.367 e. The number of benzene rings is 1. The van der Waals surface area contributed by atoms with Crippen LogP contribution >= 0.6 is 11.6 Å². The molecule has 2 rings (SSSR count). The van der Waals surface area contributed by atoms with Crippen molar-refractivity contribution in [3.8, 4) is 0 Å². The van der Waals surface area contributed by atoms with Crippen LogP contribution in [-0.4, -0.2) is 25.7 Å². The van der Waals surface area contributed by atoms with Crippen LogP contribution in [-0.2, 0) is 6.42 Å². The van der Waals surface area contributed by atoms with Crippen molar-refractivity contribution in [2.24, 2.45) is 0 Å². The first kappa shape index (κ1) is 12.7. The Balaban J connectivity index is 2.29. The molecule has 0 aromatic heterocycles. The molecule has 2 nitrogen and oxygen atoms in total. The normalized spacial score (nSPS) is 18.6. The zero-order valence-corrected chi connectivity index (χ0v) is 11.6. The van der Waals surface area contributed by atoms with Crippen LogP contribution in [0.1, 0.15) is 25.0 Å². The van der Waals surface area contributed by atoms with Gasteiger partial charge < -0.3 is 10.2 Å². The Morgan fingerprint density at radius 3 is 2.82 bits per heavy atom. The Morgan fingerprint density at radius 2 is 2.18 bits per heavy atom. The van der Waals surface area contributed by atoms with Crippen LogP contribution in [0.3, 0.4) is 0 Å². The van der Waals surface area contributed by atoms with Crippen LogP contribution in [0.15, 0.2) is 12.1 Å². The van der Waals surface area contributed by atoms with E-state index in [4.69, 9.17) is 11.6 Å². The predicted molar refractivity (Wildman–Crippen MR) is 75.2 cm³/mol. The van der Waals surface area contributed by atoms with Gasteiger partial charge in [-0.1, -0.05) is 24.6 Å². The van der Waals surface area contributed by atoms with Gasteiger partial charge in [-0.05, 0) is 44.0 Å². The predicted octanol–water partition coefficient (Wildman–Crippen LogP) is 3.01. The van der Waals surface area contributed by atoms with Gasteiger partial charge in [0.2, 0.25) is 0 Å². The first-order valence-electron chi connectivity index (χ1n) is 6.44. The average molecular weight is 253 g/mol. The fraction of sp³-hybridized carbons (Fsp3) is 0.571. The van der Waals surface area contributed by atoms with Crippen molar-refractivity contribution in [1.29, 1.82) is 0 Å². The minimum atomic E-state index is 0.576. The van der Waals surface area contributed by atoms with Crippen LogP contribution < -0.4 is 10.2 Å². The van der Waals surface area contributed by atoms with Crippen LogP contribution in [0.2, 0.25) is 5.02 Å². The molecule has 94 valence electrons. The molecule has 1 N–H and O–H groups in total. The molecule has 0 amide bonds. The van der Waals surface area contributed by atoms with Gasteiger partial charge in [0.15, 0.2) is 0 Å². The second-order valence-corrected chi connectivity index (χ2v) is 5.04. The molecule has 0 spiro atoms. The van der Waals surface area contributed by atoms with Gasteiger partial charge in [-0.3, -0.25) is 0 Å². The molecular weight excluding hydrogens is 232 g/mol. The molecule has 0 saturated carbocycles. The summed E-state index contributed by atoms with van der Waals surface area (Å²) in [5.74, 6) is 0. The van der Waals surface area contributed by atoms with Gasteiger partial charge in [0.05, 0.1) is 0 Å². The lowest BCUT2D eigenvalue weighted by molar-refractivity contribution is 0.569. The van der Waals surface area contributed by atoms with Gasteiger partial charge in [-0.2, -0.15) is 0 Å². The Morgan fingerprint density at radius 1 is 1.41 bits per heavy atom. The van der Waals surface area contributed by atoms with E-state index in [0.29, 0.717) is 6.04 Å². The smallest absolute Gasteiger partial charge is 0.0456 e. The molecule has 1 aromatic rings. The van der Waals surface area contributed by atoms with E-state index in [1.165, 1.54) is 16.8 Å². The third kappa shape index (κ3) is 2.29. The van der Waals surface area contributed by atoms with Crippen molar-refractivity contribution in [1.82, 2.24) is 5.32 Å². The van der Waals surface area contributed by atoms with Crippen molar-refractivity contribution in [2.45, 2.75) is 33.2 Å². The maximum absolute atomic E-state index is 6.22. The maximum Gasteiger partial charge on any atom is 0.0456 e. The number of nitrogens with zero attached hydrogens (tertiary/aromatic N) is 1.